The van der Waals surface area contributed by atoms with Crippen LogP contribution < -0.4 is 0 Å². The number of rotatable bonds is 9. The van der Waals surface area contributed by atoms with E-state index >= 15 is 0 Å². The third-order valence-corrected chi connectivity index (χ3v) is 12.1. The normalized spacial score (nSPS) is 19.8. The number of imide groups is 1. The first-order chi connectivity index (χ1) is 13.7. The molecule has 0 saturated carbocycles. The van der Waals surface area contributed by atoms with Crippen LogP contribution in [0.5, 0.6) is 0 Å². The van der Waals surface area contributed by atoms with E-state index in [4.69, 9.17) is 9.16 Å². The van der Waals surface area contributed by atoms with E-state index in [1.807, 2.05) is 19.1 Å². The molecule has 0 bridgehead atoms. The van der Waals surface area contributed by atoms with Gasteiger partial charge < -0.3 is 9.16 Å². The van der Waals surface area contributed by atoms with E-state index in [1.165, 1.54) is 4.90 Å². The molecule has 1 fully saturated rings. The molecule has 0 N–H and O–H groups in total. The molecule has 0 aliphatic carbocycles. The Morgan fingerprint density at radius 3 is 2.14 bits per heavy atom. The number of carbonyl (C=O) groups is 2. The second kappa shape index (κ2) is 9.85. The fraction of sp³-hybridized carbons (Fsp3) is 0.682. The lowest BCUT2D eigenvalue weighted by Gasteiger charge is -2.51. The fourth-order valence-electron chi connectivity index (χ4n) is 4.67. The Balaban J connectivity index is 2.35. The minimum atomic E-state index is -2.29. The number of nitrogens with zero attached hydrogens (tertiary/aromatic N) is 2. The average molecular weight is 421 g/mol. The monoisotopic (exact) mass is 420 g/mol. The van der Waals surface area contributed by atoms with Crippen LogP contribution >= 0.6 is 0 Å². The number of hydrogen-bond acceptors (Lipinski definition) is 5. The summed E-state index contributed by atoms with van der Waals surface area (Å²) in [5.41, 5.74) is 1.88. The molecule has 0 aromatic carbocycles. The SMILES string of the molecule is CCCCOC(=O)N1C(=O)[C@H](O[Si](C(C)C)(C(C)C)C(C)C)[C@@H]1c1ccncc1. The van der Waals surface area contributed by atoms with E-state index in [0.717, 1.165) is 18.4 Å². The molecule has 29 heavy (non-hydrogen) atoms. The van der Waals surface area contributed by atoms with Crippen LogP contribution in [0.2, 0.25) is 16.6 Å². The molecule has 0 spiro atoms. The highest BCUT2D eigenvalue weighted by Crippen LogP contribution is 2.47. The quantitative estimate of drug-likeness (QED) is 0.301. The molecule has 1 aromatic heterocycles. The molecule has 1 aliphatic rings. The van der Waals surface area contributed by atoms with E-state index < -0.39 is 26.6 Å². The molecule has 162 valence electrons. The Bertz CT molecular complexity index is 672. The van der Waals surface area contributed by atoms with E-state index in [2.05, 4.69) is 46.5 Å². The third kappa shape index (κ3) is 4.56. The fourth-order valence-corrected chi connectivity index (χ4v) is 10.2. The van der Waals surface area contributed by atoms with E-state index in [1.54, 1.807) is 12.4 Å². The summed E-state index contributed by atoms with van der Waals surface area (Å²) >= 11 is 0. The van der Waals surface area contributed by atoms with Crippen LogP contribution in [0.1, 0.15) is 72.9 Å². The van der Waals surface area contributed by atoms with Crippen LogP contribution in [-0.2, 0) is 14.0 Å². The molecule has 6 nitrogen and oxygen atoms in total. The summed E-state index contributed by atoms with van der Waals surface area (Å²) in [4.78, 5) is 31.0. The number of carbonyl (C=O) groups excluding carboxylic acids is 2. The lowest BCUT2D eigenvalue weighted by Crippen LogP contribution is -2.66. The molecule has 2 heterocycles. The molecule has 2 rings (SSSR count). The zero-order valence-corrected chi connectivity index (χ0v) is 19.8. The van der Waals surface area contributed by atoms with Crippen molar-refractivity contribution in [3.05, 3.63) is 30.1 Å². The van der Waals surface area contributed by atoms with E-state index in [9.17, 15) is 9.59 Å². The summed E-state index contributed by atoms with van der Waals surface area (Å²) in [6, 6.07) is 3.20. The van der Waals surface area contributed by atoms with Crippen LogP contribution in [0, 0.1) is 0 Å². The van der Waals surface area contributed by atoms with Gasteiger partial charge in [0, 0.05) is 12.4 Å². The lowest BCUT2D eigenvalue weighted by molar-refractivity contribution is -0.161. The number of hydrogen-bond donors (Lipinski definition) is 0. The van der Waals surface area contributed by atoms with Gasteiger partial charge in [-0.15, -0.1) is 0 Å². The second-order valence-corrected chi connectivity index (χ2v) is 14.2. The van der Waals surface area contributed by atoms with Crippen molar-refractivity contribution in [2.75, 3.05) is 6.61 Å². The maximum absolute atomic E-state index is 13.1. The predicted octanol–water partition coefficient (Wildman–Crippen LogP) is 5.46. The molecule has 7 heteroatoms. The van der Waals surface area contributed by atoms with E-state index in [-0.39, 0.29) is 5.91 Å². The standard InChI is InChI=1S/C22H36N2O4Si/c1-8-9-14-27-22(26)24-19(18-10-12-23-13-11-18)20(21(24)25)28-29(15(2)3,16(4)5)17(6)7/h10-13,15-17,19-20H,8-9,14H2,1-7H3/t19-,20+/m0/s1. The van der Waals surface area contributed by atoms with E-state index in [0.29, 0.717) is 23.2 Å². The molecule has 0 radical (unpaired) electrons. The zero-order valence-electron chi connectivity index (χ0n) is 18.8. The highest BCUT2D eigenvalue weighted by molar-refractivity contribution is 6.77. The number of amides is 2. The van der Waals surface area contributed by atoms with Gasteiger partial charge in [0.1, 0.15) is 6.04 Å². The molecular formula is C22H36N2O4Si. The molecule has 1 saturated heterocycles. The van der Waals surface area contributed by atoms with Crippen LogP contribution in [-0.4, -0.2) is 42.9 Å². The number of aromatic nitrogens is 1. The Hall–Kier alpha value is -1.73. The van der Waals surface area contributed by atoms with Gasteiger partial charge in [-0.25, -0.2) is 9.69 Å². The van der Waals surface area contributed by atoms with Gasteiger partial charge in [-0.3, -0.25) is 9.78 Å². The lowest BCUT2D eigenvalue weighted by atomic mass is 9.92. The third-order valence-electron chi connectivity index (χ3n) is 6.05. The van der Waals surface area contributed by atoms with Crippen molar-refractivity contribution in [1.82, 2.24) is 9.88 Å². The van der Waals surface area contributed by atoms with Crippen molar-refractivity contribution in [3.63, 3.8) is 0 Å². The van der Waals surface area contributed by atoms with Gasteiger partial charge in [0.15, 0.2) is 6.10 Å². The van der Waals surface area contributed by atoms with Gasteiger partial charge in [0.2, 0.25) is 8.32 Å². The molecule has 1 aliphatic heterocycles. The maximum atomic E-state index is 13.1. The van der Waals surface area contributed by atoms with Crippen molar-refractivity contribution in [1.29, 1.82) is 0 Å². The van der Waals surface area contributed by atoms with Crippen molar-refractivity contribution >= 4 is 20.3 Å². The topological polar surface area (TPSA) is 68.7 Å². The molecule has 2 amide bonds. The summed E-state index contributed by atoms with van der Waals surface area (Å²) in [5.74, 6) is -0.299. The first-order valence-electron chi connectivity index (χ1n) is 10.8. The van der Waals surface area contributed by atoms with Gasteiger partial charge in [-0.2, -0.15) is 0 Å². The van der Waals surface area contributed by atoms with Gasteiger partial charge in [-0.05, 0) is 40.7 Å². The van der Waals surface area contributed by atoms with Gasteiger partial charge in [-0.1, -0.05) is 54.9 Å². The van der Waals surface area contributed by atoms with Gasteiger partial charge in [0.05, 0.1) is 6.61 Å². The number of ether oxygens (including phenoxy) is 1. The summed E-state index contributed by atoms with van der Waals surface area (Å²) in [5, 5.41) is 0. The predicted molar refractivity (Wildman–Crippen MR) is 116 cm³/mol. The number of likely N-dealkylation sites (tertiary alicyclic amines) is 1. The Kier molecular flexibility index (Phi) is 7.99. The minimum absolute atomic E-state index is 0.299. The van der Waals surface area contributed by atoms with Crippen molar-refractivity contribution in [2.24, 2.45) is 0 Å². The molecule has 0 unspecified atom stereocenters. The van der Waals surface area contributed by atoms with Crippen LogP contribution in [0.4, 0.5) is 4.79 Å². The summed E-state index contributed by atoms with van der Waals surface area (Å²) in [6.45, 7) is 15.5. The number of β-lactam (4-membered cyclic amide) rings is 1. The maximum Gasteiger partial charge on any atom is 0.417 e. The van der Waals surface area contributed by atoms with Crippen LogP contribution in [0.15, 0.2) is 24.5 Å². The molecular weight excluding hydrogens is 384 g/mol. The van der Waals surface area contributed by atoms with Gasteiger partial charge >= 0.3 is 6.09 Å². The van der Waals surface area contributed by atoms with Crippen molar-refractivity contribution in [2.45, 2.75) is 90.1 Å². The Morgan fingerprint density at radius 1 is 1.10 bits per heavy atom. The average Bonchev–Trinajstić information content (AvgIpc) is 2.66. The largest absolute Gasteiger partial charge is 0.449 e. The molecule has 2 atom stereocenters. The highest BCUT2D eigenvalue weighted by atomic mass is 28.4. The number of pyridine rings is 1. The first-order valence-corrected chi connectivity index (χ1v) is 12.9. The minimum Gasteiger partial charge on any atom is -0.449 e. The molecule has 1 aromatic rings. The smallest absolute Gasteiger partial charge is 0.417 e. The first kappa shape index (κ1) is 23.5. The van der Waals surface area contributed by atoms with Gasteiger partial charge in [0.25, 0.3) is 5.91 Å². The van der Waals surface area contributed by atoms with Crippen molar-refractivity contribution < 1.29 is 18.8 Å². The Labute approximate surface area is 176 Å². The van der Waals surface area contributed by atoms with Crippen LogP contribution in [0.25, 0.3) is 0 Å². The zero-order chi connectivity index (χ0) is 21.8. The second-order valence-electron chi connectivity index (χ2n) is 8.76. The Morgan fingerprint density at radius 2 is 1.66 bits per heavy atom. The number of unbranched alkanes of at least 4 members (excludes halogenated alkanes) is 1. The summed E-state index contributed by atoms with van der Waals surface area (Å²) in [6.07, 6.45) is 3.80. The highest BCUT2D eigenvalue weighted by Gasteiger charge is 2.58. The van der Waals surface area contributed by atoms with Crippen molar-refractivity contribution in [3.8, 4) is 0 Å². The summed E-state index contributed by atoms with van der Waals surface area (Å²) < 4.78 is 12.1. The summed E-state index contributed by atoms with van der Waals surface area (Å²) in [7, 11) is -2.29. The van der Waals surface area contributed by atoms with Crippen LogP contribution in [0.3, 0.4) is 0 Å².